The molecule has 0 saturated carbocycles. The van der Waals surface area contributed by atoms with Crippen molar-refractivity contribution in [3.8, 4) is 0 Å². The topological polar surface area (TPSA) is 37.4 Å². The van der Waals surface area contributed by atoms with E-state index in [9.17, 15) is 9.59 Å². The summed E-state index contributed by atoms with van der Waals surface area (Å²) in [6.07, 6.45) is 9.76. The molecule has 0 spiro atoms. The molecule has 104 valence electrons. The van der Waals surface area contributed by atoms with Crippen molar-refractivity contribution in [2.24, 2.45) is 5.92 Å². The van der Waals surface area contributed by atoms with Gasteiger partial charge in [0.2, 0.25) is 11.8 Å². The van der Waals surface area contributed by atoms with Crippen LogP contribution in [-0.2, 0) is 9.59 Å². The summed E-state index contributed by atoms with van der Waals surface area (Å²) in [5.41, 5.74) is 0. The van der Waals surface area contributed by atoms with Crippen LogP contribution >= 0.6 is 0 Å². The molecule has 1 heterocycles. The van der Waals surface area contributed by atoms with Gasteiger partial charge in [-0.25, -0.2) is 0 Å². The molecule has 0 radical (unpaired) electrons. The molecule has 18 heavy (non-hydrogen) atoms. The number of carbonyl (C=O) groups excluding carboxylic acids is 2. The van der Waals surface area contributed by atoms with Gasteiger partial charge in [-0.1, -0.05) is 52.4 Å². The lowest BCUT2D eigenvalue weighted by atomic mass is 10.1. The molecule has 3 nitrogen and oxygen atoms in total. The van der Waals surface area contributed by atoms with Crippen molar-refractivity contribution >= 4 is 11.8 Å². The number of hydrogen-bond donors (Lipinski definition) is 0. The van der Waals surface area contributed by atoms with Crippen LogP contribution in [0.3, 0.4) is 0 Å². The Morgan fingerprint density at radius 2 is 1.61 bits per heavy atom. The Balaban J connectivity index is 2.12. The van der Waals surface area contributed by atoms with Crippen molar-refractivity contribution in [1.82, 2.24) is 4.90 Å². The van der Waals surface area contributed by atoms with Crippen LogP contribution in [0.2, 0.25) is 0 Å². The van der Waals surface area contributed by atoms with E-state index in [1.54, 1.807) is 0 Å². The monoisotopic (exact) mass is 253 g/mol. The van der Waals surface area contributed by atoms with Gasteiger partial charge in [0.1, 0.15) is 0 Å². The van der Waals surface area contributed by atoms with Crippen molar-refractivity contribution in [1.29, 1.82) is 0 Å². The number of imide groups is 1. The van der Waals surface area contributed by atoms with Gasteiger partial charge >= 0.3 is 0 Å². The molecule has 1 aliphatic rings. The highest BCUT2D eigenvalue weighted by molar-refractivity contribution is 6.03. The normalized spacial score (nSPS) is 19.9. The summed E-state index contributed by atoms with van der Waals surface area (Å²) in [6.45, 7) is 4.84. The van der Waals surface area contributed by atoms with E-state index in [1.807, 2.05) is 6.92 Å². The summed E-state index contributed by atoms with van der Waals surface area (Å²) in [5, 5.41) is 0. The van der Waals surface area contributed by atoms with Gasteiger partial charge in [-0.15, -0.1) is 0 Å². The zero-order valence-corrected chi connectivity index (χ0v) is 11.9. The molecule has 2 amide bonds. The second-order valence-corrected chi connectivity index (χ2v) is 5.31. The lowest BCUT2D eigenvalue weighted by Crippen LogP contribution is -2.31. The van der Waals surface area contributed by atoms with E-state index in [2.05, 4.69) is 6.92 Å². The molecule has 0 aromatic carbocycles. The molecule has 1 aliphatic heterocycles. The fraction of sp³-hybridized carbons (Fsp3) is 0.867. The van der Waals surface area contributed by atoms with Crippen molar-refractivity contribution < 1.29 is 9.59 Å². The highest BCUT2D eigenvalue weighted by Gasteiger charge is 2.36. The Kier molecular flexibility index (Phi) is 6.99. The number of carbonyl (C=O) groups is 2. The molecule has 1 unspecified atom stereocenters. The molecule has 0 aromatic rings. The van der Waals surface area contributed by atoms with E-state index in [-0.39, 0.29) is 17.7 Å². The van der Waals surface area contributed by atoms with Gasteiger partial charge < -0.3 is 0 Å². The number of hydrogen-bond acceptors (Lipinski definition) is 2. The van der Waals surface area contributed by atoms with Crippen molar-refractivity contribution in [3.63, 3.8) is 0 Å². The van der Waals surface area contributed by atoms with Gasteiger partial charge in [-0.2, -0.15) is 0 Å². The highest BCUT2D eigenvalue weighted by atomic mass is 16.2. The van der Waals surface area contributed by atoms with Crippen LogP contribution in [0.5, 0.6) is 0 Å². The first-order valence-corrected chi connectivity index (χ1v) is 7.54. The minimum absolute atomic E-state index is 0.0397. The number of unbranched alkanes of at least 4 members (excludes halogenated alkanes) is 6. The Hall–Kier alpha value is -0.860. The molecule has 0 N–H and O–H groups in total. The van der Waals surface area contributed by atoms with Gasteiger partial charge in [0.25, 0.3) is 0 Å². The van der Waals surface area contributed by atoms with Crippen molar-refractivity contribution in [2.75, 3.05) is 6.54 Å². The van der Waals surface area contributed by atoms with E-state index >= 15 is 0 Å². The standard InChI is InChI=1S/C15H27NO2/c1-3-5-6-7-8-9-10-11-16-14(17)12-13(4-2)15(16)18/h13H,3-12H2,1-2H3. The van der Waals surface area contributed by atoms with Gasteiger partial charge in [-0.3, -0.25) is 14.5 Å². The third-order valence-electron chi connectivity index (χ3n) is 3.82. The summed E-state index contributed by atoms with van der Waals surface area (Å²) in [6, 6.07) is 0. The molecule has 1 saturated heterocycles. The smallest absolute Gasteiger partial charge is 0.232 e. The molecule has 1 fully saturated rings. The zero-order valence-electron chi connectivity index (χ0n) is 11.9. The number of amides is 2. The Labute approximate surface area is 111 Å². The average Bonchev–Trinajstić information content (AvgIpc) is 2.64. The van der Waals surface area contributed by atoms with E-state index in [4.69, 9.17) is 0 Å². The van der Waals surface area contributed by atoms with Crippen LogP contribution in [0.1, 0.15) is 71.6 Å². The fourth-order valence-electron chi connectivity index (χ4n) is 2.53. The summed E-state index contributed by atoms with van der Waals surface area (Å²) in [4.78, 5) is 25.0. The lowest BCUT2D eigenvalue weighted by molar-refractivity contribution is -0.139. The molecule has 0 aromatic heterocycles. The van der Waals surface area contributed by atoms with Crippen LogP contribution in [0.4, 0.5) is 0 Å². The van der Waals surface area contributed by atoms with Crippen LogP contribution < -0.4 is 0 Å². The largest absolute Gasteiger partial charge is 0.282 e. The summed E-state index contributed by atoms with van der Waals surface area (Å²) >= 11 is 0. The second-order valence-electron chi connectivity index (χ2n) is 5.31. The predicted octanol–water partition coefficient (Wildman–Crippen LogP) is 3.52. The van der Waals surface area contributed by atoms with E-state index < -0.39 is 0 Å². The van der Waals surface area contributed by atoms with Crippen molar-refractivity contribution in [3.05, 3.63) is 0 Å². The molecule has 3 heteroatoms. The zero-order chi connectivity index (χ0) is 13.4. The van der Waals surface area contributed by atoms with Gasteiger partial charge in [0.05, 0.1) is 0 Å². The van der Waals surface area contributed by atoms with E-state index in [0.29, 0.717) is 13.0 Å². The fourth-order valence-corrected chi connectivity index (χ4v) is 2.53. The Morgan fingerprint density at radius 3 is 2.17 bits per heavy atom. The first kappa shape index (κ1) is 15.2. The Morgan fingerprint density at radius 1 is 1.00 bits per heavy atom. The maximum atomic E-state index is 11.9. The molecule has 0 aliphatic carbocycles. The van der Waals surface area contributed by atoms with E-state index in [1.165, 1.54) is 37.0 Å². The lowest BCUT2D eigenvalue weighted by Gasteiger charge is -2.14. The summed E-state index contributed by atoms with van der Waals surface area (Å²) in [5.74, 6) is 0.0633. The molecule has 1 rings (SSSR count). The number of rotatable bonds is 9. The second kappa shape index (κ2) is 8.28. The molecular weight excluding hydrogens is 226 g/mol. The number of nitrogens with zero attached hydrogens (tertiary/aromatic N) is 1. The van der Waals surface area contributed by atoms with Gasteiger partial charge in [0.15, 0.2) is 0 Å². The maximum absolute atomic E-state index is 11.9. The third kappa shape index (κ3) is 4.43. The average molecular weight is 253 g/mol. The van der Waals surface area contributed by atoms with Crippen LogP contribution in [-0.4, -0.2) is 23.3 Å². The Bertz CT molecular complexity index is 276. The summed E-state index contributed by atoms with van der Waals surface area (Å²) in [7, 11) is 0. The maximum Gasteiger partial charge on any atom is 0.232 e. The quantitative estimate of drug-likeness (QED) is 0.465. The summed E-state index contributed by atoms with van der Waals surface area (Å²) < 4.78 is 0. The van der Waals surface area contributed by atoms with Crippen LogP contribution in [0.25, 0.3) is 0 Å². The molecular formula is C15H27NO2. The SMILES string of the molecule is CCCCCCCCCN1C(=O)CC(CC)C1=O. The molecule has 0 bridgehead atoms. The van der Waals surface area contributed by atoms with Gasteiger partial charge in [0, 0.05) is 18.9 Å². The van der Waals surface area contributed by atoms with E-state index in [0.717, 1.165) is 19.3 Å². The first-order chi connectivity index (χ1) is 8.70. The molecule has 1 atom stereocenters. The van der Waals surface area contributed by atoms with Crippen LogP contribution in [0, 0.1) is 5.92 Å². The first-order valence-electron chi connectivity index (χ1n) is 7.54. The van der Waals surface area contributed by atoms with Crippen molar-refractivity contribution in [2.45, 2.75) is 71.6 Å². The predicted molar refractivity (Wildman–Crippen MR) is 73.1 cm³/mol. The number of likely N-dealkylation sites (tertiary alicyclic amines) is 1. The van der Waals surface area contributed by atoms with Gasteiger partial charge in [-0.05, 0) is 12.8 Å². The highest BCUT2D eigenvalue weighted by Crippen LogP contribution is 2.22. The van der Waals surface area contributed by atoms with Crippen LogP contribution in [0.15, 0.2) is 0 Å². The third-order valence-corrected chi connectivity index (χ3v) is 3.82. The minimum atomic E-state index is -0.0398. The minimum Gasteiger partial charge on any atom is -0.282 e.